The van der Waals surface area contributed by atoms with E-state index in [1.54, 1.807) is 0 Å². The summed E-state index contributed by atoms with van der Waals surface area (Å²) in [4.78, 5) is 10.7. The van der Waals surface area contributed by atoms with Crippen molar-refractivity contribution in [2.24, 2.45) is 0 Å². The van der Waals surface area contributed by atoms with E-state index in [0.29, 0.717) is 6.07 Å². The standard InChI is InChI=1S/C10H7F4NO2.ClH/c11-8-5(7-4-17-9(16)15-7)2-1-3-6(8)10(12,13)14;/h1-3,7H,4H2,(H,15,16);1H/t7-;/m1./s1. The van der Waals surface area contributed by atoms with E-state index in [-0.39, 0.29) is 24.6 Å². The van der Waals surface area contributed by atoms with E-state index in [2.05, 4.69) is 10.1 Å². The lowest BCUT2D eigenvalue weighted by Gasteiger charge is -2.13. The molecule has 0 spiro atoms. The minimum Gasteiger partial charge on any atom is -0.447 e. The molecule has 1 N–H and O–H groups in total. The minimum absolute atomic E-state index is 0. The predicted octanol–water partition coefficient (Wildman–Crippen LogP) is 3.05. The third-order valence-electron chi connectivity index (χ3n) is 2.38. The first-order valence-corrected chi connectivity index (χ1v) is 4.68. The van der Waals surface area contributed by atoms with E-state index in [1.165, 1.54) is 6.07 Å². The Bertz CT molecular complexity index is 464. The number of amides is 1. The molecule has 1 fully saturated rings. The third-order valence-corrected chi connectivity index (χ3v) is 2.38. The van der Waals surface area contributed by atoms with Crippen molar-refractivity contribution in [1.82, 2.24) is 5.32 Å². The number of hydrogen-bond donors (Lipinski definition) is 1. The molecule has 1 heterocycles. The number of halogens is 5. The number of ether oxygens (including phenoxy) is 1. The summed E-state index contributed by atoms with van der Waals surface area (Å²) in [6, 6.07) is 2.04. The second-order valence-electron chi connectivity index (χ2n) is 3.50. The van der Waals surface area contributed by atoms with Gasteiger partial charge in [0.15, 0.2) is 0 Å². The summed E-state index contributed by atoms with van der Waals surface area (Å²) in [6.45, 7) is -0.183. The quantitative estimate of drug-likeness (QED) is 0.806. The molecular formula is C10H8ClF4NO2. The molecule has 1 aromatic rings. The van der Waals surface area contributed by atoms with Crippen LogP contribution in [0.4, 0.5) is 22.4 Å². The van der Waals surface area contributed by atoms with Gasteiger partial charge in [-0.25, -0.2) is 9.18 Å². The number of rotatable bonds is 1. The lowest BCUT2D eigenvalue weighted by molar-refractivity contribution is -0.140. The van der Waals surface area contributed by atoms with Crippen LogP contribution in [0.25, 0.3) is 0 Å². The fraction of sp³-hybridized carbons (Fsp3) is 0.300. The van der Waals surface area contributed by atoms with Crippen LogP contribution in [0.1, 0.15) is 17.2 Å². The van der Waals surface area contributed by atoms with Gasteiger partial charge in [0.1, 0.15) is 12.4 Å². The Labute approximate surface area is 106 Å². The smallest absolute Gasteiger partial charge is 0.419 e. The molecule has 0 aromatic heterocycles. The summed E-state index contributed by atoms with van der Waals surface area (Å²) in [7, 11) is 0. The van der Waals surface area contributed by atoms with Crippen molar-refractivity contribution < 1.29 is 27.1 Å². The fourth-order valence-electron chi connectivity index (χ4n) is 1.59. The van der Waals surface area contributed by atoms with E-state index in [0.717, 1.165) is 6.07 Å². The van der Waals surface area contributed by atoms with Gasteiger partial charge in [-0.2, -0.15) is 13.2 Å². The van der Waals surface area contributed by atoms with Crippen LogP contribution in [0.5, 0.6) is 0 Å². The summed E-state index contributed by atoms with van der Waals surface area (Å²) >= 11 is 0. The predicted molar refractivity (Wildman–Crippen MR) is 55.9 cm³/mol. The largest absolute Gasteiger partial charge is 0.447 e. The number of carbonyl (C=O) groups excluding carboxylic acids is 1. The summed E-state index contributed by atoms with van der Waals surface area (Å²) in [6.07, 6.45) is -5.53. The molecule has 18 heavy (non-hydrogen) atoms. The van der Waals surface area contributed by atoms with E-state index in [1.807, 2.05) is 0 Å². The first kappa shape index (κ1) is 14.6. The minimum atomic E-state index is -4.76. The van der Waals surface area contributed by atoms with Gasteiger partial charge >= 0.3 is 12.3 Å². The van der Waals surface area contributed by atoms with Crippen LogP contribution in [-0.2, 0) is 10.9 Å². The lowest BCUT2D eigenvalue weighted by atomic mass is 10.0. The molecule has 1 saturated heterocycles. The van der Waals surface area contributed by atoms with Crippen LogP contribution in [0, 0.1) is 5.82 Å². The van der Waals surface area contributed by atoms with E-state index in [9.17, 15) is 22.4 Å². The molecule has 0 aliphatic carbocycles. The topological polar surface area (TPSA) is 38.3 Å². The van der Waals surface area contributed by atoms with E-state index < -0.39 is 29.7 Å². The van der Waals surface area contributed by atoms with Gasteiger partial charge in [-0.15, -0.1) is 12.4 Å². The highest BCUT2D eigenvalue weighted by Gasteiger charge is 2.37. The molecule has 2 rings (SSSR count). The van der Waals surface area contributed by atoms with Gasteiger partial charge in [-0.05, 0) is 6.07 Å². The first-order valence-electron chi connectivity index (χ1n) is 4.68. The number of hydrogen-bond acceptors (Lipinski definition) is 2. The lowest BCUT2D eigenvalue weighted by Crippen LogP contribution is -2.21. The second-order valence-corrected chi connectivity index (χ2v) is 3.50. The average molecular weight is 286 g/mol. The number of benzene rings is 1. The SMILES string of the molecule is Cl.O=C1N[C@@H](c2cccc(C(F)(F)F)c2F)CO1. The highest BCUT2D eigenvalue weighted by molar-refractivity contribution is 5.85. The van der Waals surface area contributed by atoms with Gasteiger partial charge in [0.05, 0.1) is 11.6 Å². The zero-order chi connectivity index (χ0) is 12.6. The second kappa shape index (κ2) is 5.01. The average Bonchev–Trinajstić information content (AvgIpc) is 2.63. The molecule has 1 aliphatic rings. The zero-order valence-corrected chi connectivity index (χ0v) is 9.57. The van der Waals surface area contributed by atoms with Crippen LogP contribution >= 0.6 is 12.4 Å². The van der Waals surface area contributed by atoms with Crippen molar-refractivity contribution >= 4 is 18.5 Å². The molecule has 0 unspecified atom stereocenters. The Morgan fingerprint density at radius 3 is 2.50 bits per heavy atom. The van der Waals surface area contributed by atoms with Crippen LogP contribution < -0.4 is 5.32 Å². The van der Waals surface area contributed by atoms with Gasteiger partial charge < -0.3 is 10.1 Å². The van der Waals surface area contributed by atoms with Crippen LogP contribution in [0.3, 0.4) is 0 Å². The number of nitrogens with one attached hydrogen (secondary N) is 1. The highest BCUT2D eigenvalue weighted by atomic mass is 35.5. The Kier molecular flexibility index (Phi) is 4.05. The van der Waals surface area contributed by atoms with Crippen molar-refractivity contribution in [2.45, 2.75) is 12.2 Å². The Morgan fingerprint density at radius 2 is 2.00 bits per heavy atom. The number of alkyl halides is 3. The summed E-state index contributed by atoms with van der Waals surface area (Å²) in [5.41, 5.74) is -1.58. The van der Waals surface area contributed by atoms with Crippen molar-refractivity contribution in [3.05, 3.63) is 35.1 Å². The third kappa shape index (κ3) is 2.66. The summed E-state index contributed by atoms with van der Waals surface area (Å²) in [5.74, 6) is -1.38. The number of carbonyl (C=O) groups is 1. The fourth-order valence-corrected chi connectivity index (χ4v) is 1.59. The molecule has 0 saturated carbocycles. The normalized spacial score (nSPS) is 18.9. The van der Waals surface area contributed by atoms with Crippen LogP contribution in [0.15, 0.2) is 18.2 Å². The molecule has 0 radical (unpaired) electrons. The van der Waals surface area contributed by atoms with Crippen molar-refractivity contribution in [3.8, 4) is 0 Å². The number of cyclic esters (lactones) is 1. The van der Waals surface area contributed by atoms with Crippen LogP contribution in [0.2, 0.25) is 0 Å². The van der Waals surface area contributed by atoms with Gasteiger partial charge in [-0.3, -0.25) is 0 Å². The maximum atomic E-state index is 13.6. The highest BCUT2D eigenvalue weighted by Crippen LogP contribution is 2.34. The molecular weight excluding hydrogens is 278 g/mol. The summed E-state index contributed by atoms with van der Waals surface area (Å²) < 4.78 is 55.4. The Hall–Kier alpha value is -1.50. The maximum Gasteiger partial charge on any atom is 0.419 e. The maximum absolute atomic E-state index is 13.6. The van der Waals surface area contributed by atoms with E-state index >= 15 is 0 Å². The summed E-state index contributed by atoms with van der Waals surface area (Å²) in [5, 5.41) is 2.22. The van der Waals surface area contributed by atoms with Crippen molar-refractivity contribution in [2.75, 3.05) is 6.61 Å². The molecule has 1 aromatic carbocycles. The van der Waals surface area contributed by atoms with Crippen molar-refractivity contribution in [1.29, 1.82) is 0 Å². The first-order chi connectivity index (χ1) is 7.89. The van der Waals surface area contributed by atoms with Gasteiger partial charge in [0, 0.05) is 5.56 Å². The molecule has 1 atom stereocenters. The van der Waals surface area contributed by atoms with Gasteiger partial charge in [0.2, 0.25) is 0 Å². The van der Waals surface area contributed by atoms with Gasteiger partial charge in [0.25, 0.3) is 0 Å². The monoisotopic (exact) mass is 285 g/mol. The Morgan fingerprint density at radius 1 is 1.33 bits per heavy atom. The molecule has 1 aliphatic heterocycles. The van der Waals surface area contributed by atoms with E-state index in [4.69, 9.17) is 0 Å². The molecule has 1 amide bonds. The Balaban J connectivity index is 0.00000162. The number of alkyl carbamates (subject to hydrolysis) is 1. The van der Waals surface area contributed by atoms with Crippen molar-refractivity contribution in [3.63, 3.8) is 0 Å². The zero-order valence-electron chi connectivity index (χ0n) is 8.75. The van der Waals surface area contributed by atoms with Gasteiger partial charge in [-0.1, -0.05) is 12.1 Å². The molecule has 100 valence electrons. The van der Waals surface area contributed by atoms with Crippen LogP contribution in [-0.4, -0.2) is 12.7 Å². The molecule has 8 heteroatoms. The molecule has 0 bridgehead atoms. The molecule has 3 nitrogen and oxygen atoms in total.